The van der Waals surface area contributed by atoms with Crippen molar-refractivity contribution in [3.63, 3.8) is 0 Å². The van der Waals surface area contributed by atoms with E-state index in [0.29, 0.717) is 5.56 Å². The van der Waals surface area contributed by atoms with E-state index in [9.17, 15) is 8.42 Å². The molecule has 8 heteroatoms. The van der Waals surface area contributed by atoms with Gasteiger partial charge in [0, 0.05) is 6.54 Å². The van der Waals surface area contributed by atoms with Gasteiger partial charge in [-0.1, -0.05) is 31.2 Å². The summed E-state index contributed by atoms with van der Waals surface area (Å²) in [6.07, 6.45) is 2.75. The maximum absolute atomic E-state index is 12.0. The molecule has 1 aromatic carbocycles. The fourth-order valence-electron chi connectivity index (χ4n) is 1.71. The van der Waals surface area contributed by atoms with Gasteiger partial charge in [0.05, 0.1) is 18.1 Å². The van der Waals surface area contributed by atoms with Crippen molar-refractivity contribution in [1.82, 2.24) is 20.5 Å². The largest absolute Gasteiger partial charge is 0.313 e. The van der Waals surface area contributed by atoms with Crippen LogP contribution >= 0.6 is 0 Å². The van der Waals surface area contributed by atoms with E-state index in [0.717, 1.165) is 18.7 Å². The molecule has 1 aromatic heterocycles. The zero-order chi connectivity index (χ0) is 15.1. The number of sulfonamides is 1. The highest BCUT2D eigenvalue weighted by molar-refractivity contribution is 7.91. The number of nitrogens with one attached hydrogen (secondary N) is 2. The fraction of sp³-hybridized carbons (Fsp3) is 0.308. The first-order valence-corrected chi connectivity index (χ1v) is 8.17. The molecule has 0 atom stereocenters. The Labute approximate surface area is 123 Å². The summed E-state index contributed by atoms with van der Waals surface area (Å²) in [6.45, 7) is 3.70. The zero-order valence-electron chi connectivity index (χ0n) is 11.7. The molecule has 0 aliphatic carbocycles. The van der Waals surface area contributed by atoms with Crippen molar-refractivity contribution in [3.8, 4) is 0 Å². The minimum atomic E-state index is -3.55. The monoisotopic (exact) mass is 307 g/mol. The smallest absolute Gasteiger partial charge is 0.256 e. The Kier molecular flexibility index (Phi) is 5.18. The number of aromatic nitrogens is 3. The minimum absolute atomic E-state index is 0.0266. The highest BCUT2D eigenvalue weighted by atomic mass is 32.2. The quantitative estimate of drug-likeness (QED) is 0.789. The zero-order valence-corrected chi connectivity index (χ0v) is 12.5. The van der Waals surface area contributed by atoms with E-state index < -0.39 is 10.0 Å². The minimum Gasteiger partial charge on any atom is -0.313 e. The molecule has 112 valence electrons. The Morgan fingerprint density at radius 1 is 1.10 bits per heavy atom. The molecule has 0 amide bonds. The Balaban J connectivity index is 2.00. The van der Waals surface area contributed by atoms with Crippen LogP contribution in [0.2, 0.25) is 0 Å². The molecular formula is C13H17N5O2S. The first-order chi connectivity index (χ1) is 10.1. The van der Waals surface area contributed by atoms with Crippen molar-refractivity contribution in [1.29, 1.82) is 0 Å². The highest BCUT2D eigenvalue weighted by Crippen LogP contribution is 2.10. The normalized spacial score (nSPS) is 11.3. The summed E-state index contributed by atoms with van der Waals surface area (Å²) in [5, 5.41) is 10.4. The third-order valence-corrected chi connectivity index (χ3v) is 3.90. The van der Waals surface area contributed by atoms with Crippen LogP contribution in [-0.4, -0.2) is 30.1 Å². The third kappa shape index (κ3) is 5.09. The Morgan fingerprint density at radius 2 is 1.81 bits per heavy atom. The second-order valence-corrected chi connectivity index (χ2v) is 6.15. The summed E-state index contributed by atoms with van der Waals surface area (Å²) < 4.78 is 26.3. The van der Waals surface area contributed by atoms with Gasteiger partial charge in [0.25, 0.3) is 5.95 Å². The Bertz CT molecular complexity index is 659. The van der Waals surface area contributed by atoms with E-state index in [-0.39, 0.29) is 11.7 Å². The predicted molar refractivity (Wildman–Crippen MR) is 79.9 cm³/mol. The lowest BCUT2D eigenvalue weighted by Crippen LogP contribution is -2.17. The maximum atomic E-state index is 12.0. The van der Waals surface area contributed by atoms with Crippen LogP contribution in [0.4, 0.5) is 5.95 Å². The average Bonchev–Trinajstić information content (AvgIpc) is 2.47. The van der Waals surface area contributed by atoms with Gasteiger partial charge in [-0.3, -0.25) is 0 Å². The molecule has 2 N–H and O–H groups in total. The van der Waals surface area contributed by atoms with E-state index >= 15 is 0 Å². The summed E-state index contributed by atoms with van der Waals surface area (Å²) >= 11 is 0. The number of hydrogen-bond acceptors (Lipinski definition) is 6. The van der Waals surface area contributed by atoms with Crippen LogP contribution in [0.25, 0.3) is 0 Å². The van der Waals surface area contributed by atoms with Crippen molar-refractivity contribution < 1.29 is 8.42 Å². The van der Waals surface area contributed by atoms with Crippen LogP contribution < -0.4 is 10.0 Å². The Hall–Kier alpha value is -2.06. The van der Waals surface area contributed by atoms with Gasteiger partial charge in [-0.25, -0.2) is 18.1 Å². The first kappa shape index (κ1) is 15.3. The van der Waals surface area contributed by atoms with Crippen molar-refractivity contribution >= 4 is 16.0 Å². The molecule has 0 bridgehead atoms. The Morgan fingerprint density at radius 3 is 2.43 bits per heavy atom. The van der Waals surface area contributed by atoms with Gasteiger partial charge in [0.2, 0.25) is 10.0 Å². The third-order valence-electron chi connectivity index (χ3n) is 2.69. The molecule has 0 unspecified atom stereocenters. The molecule has 2 rings (SSSR count). The molecule has 21 heavy (non-hydrogen) atoms. The van der Waals surface area contributed by atoms with Crippen molar-refractivity contribution in [3.05, 3.63) is 47.8 Å². The molecule has 0 aliphatic heterocycles. The van der Waals surface area contributed by atoms with Gasteiger partial charge in [0.1, 0.15) is 0 Å². The van der Waals surface area contributed by atoms with E-state index in [4.69, 9.17) is 0 Å². The van der Waals surface area contributed by atoms with Gasteiger partial charge in [-0.15, -0.1) is 5.10 Å². The number of rotatable bonds is 7. The summed E-state index contributed by atoms with van der Waals surface area (Å²) in [5.74, 6) is -0.159. The lowest BCUT2D eigenvalue weighted by atomic mass is 10.1. The average molecular weight is 307 g/mol. The molecule has 0 saturated carbocycles. The van der Waals surface area contributed by atoms with Gasteiger partial charge < -0.3 is 5.32 Å². The lowest BCUT2D eigenvalue weighted by Gasteiger charge is -2.07. The van der Waals surface area contributed by atoms with E-state index in [1.807, 2.05) is 19.1 Å². The van der Waals surface area contributed by atoms with Crippen LogP contribution in [0.1, 0.15) is 18.1 Å². The van der Waals surface area contributed by atoms with Crippen LogP contribution in [0.15, 0.2) is 36.7 Å². The number of nitrogens with zero attached hydrogens (tertiary/aromatic N) is 3. The topological polar surface area (TPSA) is 96.9 Å². The molecule has 7 nitrogen and oxygen atoms in total. The summed E-state index contributed by atoms with van der Waals surface area (Å²) in [5.41, 5.74) is 1.81. The molecule has 0 saturated heterocycles. The standard InChI is InChI=1S/C13H17N5O2S/c1-2-14-9-11-3-5-12(6-4-11)10-21(19,20)18-13-15-7-8-16-17-13/h3-8,14H,2,9-10H2,1H3,(H,15,17,18). The molecule has 0 spiro atoms. The van der Waals surface area contributed by atoms with E-state index in [2.05, 4.69) is 25.2 Å². The predicted octanol–water partition coefficient (Wildman–Crippen LogP) is 0.923. The van der Waals surface area contributed by atoms with Crippen LogP contribution in [0.3, 0.4) is 0 Å². The second-order valence-electron chi connectivity index (χ2n) is 4.42. The fourth-order valence-corrected chi connectivity index (χ4v) is 2.79. The van der Waals surface area contributed by atoms with Crippen molar-refractivity contribution in [2.75, 3.05) is 11.3 Å². The van der Waals surface area contributed by atoms with Crippen molar-refractivity contribution in [2.45, 2.75) is 19.2 Å². The van der Waals surface area contributed by atoms with Crippen molar-refractivity contribution in [2.24, 2.45) is 0 Å². The van der Waals surface area contributed by atoms with Gasteiger partial charge in [-0.05, 0) is 17.7 Å². The second kappa shape index (κ2) is 7.09. The van der Waals surface area contributed by atoms with Crippen LogP contribution in [-0.2, 0) is 22.3 Å². The highest BCUT2D eigenvalue weighted by Gasteiger charge is 2.13. The maximum Gasteiger partial charge on any atom is 0.256 e. The van der Waals surface area contributed by atoms with Crippen LogP contribution in [0, 0.1) is 0 Å². The molecule has 2 aromatic rings. The van der Waals surface area contributed by atoms with Gasteiger partial charge >= 0.3 is 0 Å². The lowest BCUT2D eigenvalue weighted by molar-refractivity contribution is 0.600. The molecule has 0 fully saturated rings. The summed E-state index contributed by atoms with van der Waals surface area (Å²) in [4.78, 5) is 3.78. The molecule has 0 aliphatic rings. The number of hydrogen-bond donors (Lipinski definition) is 2. The van der Waals surface area contributed by atoms with Gasteiger partial charge in [-0.2, -0.15) is 5.10 Å². The summed E-state index contributed by atoms with van der Waals surface area (Å²) in [7, 11) is -3.55. The van der Waals surface area contributed by atoms with Crippen LogP contribution in [0.5, 0.6) is 0 Å². The SMILES string of the molecule is CCNCc1ccc(CS(=O)(=O)Nc2nccnn2)cc1. The van der Waals surface area contributed by atoms with E-state index in [1.165, 1.54) is 12.4 Å². The van der Waals surface area contributed by atoms with Gasteiger partial charge in [0.15, 0.2) is 0 Å². The number of benzene rings is 1. The first-order valence-electron chi connectivity index (χ1n) is 6.52. The number of anilines is 1. The molecular weight excluding hydrogens is 290 g/mol. The summed E-state index contributed by atoms with van der Waals surface area (Å²) in [6, 6.07) is 7.42. The molecule has 0 radical (unpaired) electrons. The molecule has 1 heterocycles. The van der Waals surface area contributed by atoms with E-state index in [1.54, 1.807) is 12.1 Å².